The molecule has 0 aromatic carbocycles. The molecule has 1 unspecified atom stereocenters. The van der Waals surface area contributed by atoms with E-state index < -0.39 is 0 Å². The van der Waals surface area contributed by atoms with Crippen molar-refractivity contribution in [2.45, 2.75) is 57.2 Å². The van der Waals surface area contributed by atoms with Crippen molar-refractivity contribution in [1.29, 1.82) is 0 Å². The van der Waals surface area contributed by atoms with Crippen LogP contribution in [0.1, 0.15) is 50.7 Å². The highest BCUT2D eigenvalue weighted by molar-refractivity contribution is 7.97. The molecular weight excluding hydrogens is 258 g/mol. The molecular formula is C14H25N3OS. The normalized spacial score (nSPS) is 18.0. The van der Waals surface area contributed by atoms with Gasteiger partial charge in [-0.3, -0.25) is 0 Å². The van der Waals surface area contributed by atoms with E-state index in [0.717, 1.165) is 36.4 Å². The number of hydrogen-bond donors (Lipinski definition) is 1. The van der Waals surface area contributed by atoms with Crippen molar-refractivity contribution >= 4 is 11.8 Å². The average molecular weight is 283 g/mol. The molecule has 1 aliphatic rings. The van der Waals surface area contributed by atoms with Gasteiger partial charge in [0.1, 0.15) is 0 Å². The maximum atomic E-state index is 5.37. The van der Waals surface area contributed by atoms with Crippen LogP contribution in [0.15, 0.2) is 4.52 Å². The van der Waals surface area contributed by atoms with Gasteiger partial charge < -0.3 is 9.84 Å². The van der Waals surface area contributed by atoms with Crippen molar-refractivity contribution in [3.63, 3.8) is 0 Å². The van der Waals surface area contributed by atoms with Gasteiger partial charge in [-0.1, -0.05) is 24.9 Å². The predicted molar refractivity (Wildman–Crippen MR) is 79.3 cm³/mol. The summed E-state index contributed by atoms with van der Waals surface area (Å²) < 4.78 is 5.37. The molecule has 0 radical (unpaired) electrons. The Morgan fingerprint density at radius 2 is 2.21 bits per heavy atom. The molecule has 1 aromatic rings. The SMILES string of the molecule is CCCNC(Cc1nc(CSC)no1)C1CCCC1. The highest BCUT2D eigenvalue weighted by atomic mass is 32.2. The Morgan fingerprint density at radius 1 is 1.42 bits per heavy atom. The Bertz CT molecular complexity index is 363. The zero-order valence-electron chi connectivity index (χ0n) is 12.0. The van der Waals surface area contributed by atoms with Gasteiger partial charge >= 0.3 is 0 Å². The predicted octanol–water partition coefficient (Wildman–Crippen LogP) is 3.03. The Labute approximate surface area is 120 Å². The van der Waals surface area contributed by atoms with E-state index in [0.29, 0.717) is 6.04 Å². The quantitative estimate of drug-likeness (QED) is 0.794. The maximum Gasteiger partial charge on any atom is 0.228 e. The minimum Gasteiger partial charge on any atom is -0.339 e. The minimum atomic E-state index is 0.505. The molecule has 5 heteroatoms. The van der Waals surface area contributed by atoms with E-state index >= 15 is 0 Å². The molecule has 1 aromatic heterocycles. The zero-order chi connectivity index (χ0) is 13.5. The van der Waals surface area contributed by atoms with Crippen LogP contribution in [0.3, 0.4) is 0 Å². The van der Waals surface area contributed by atoms with Crippen LogP contribution >= 0.6 is 11.8 Å². The van der Waals surface area contributed by atoms with Crippen LogP contribution in [0.4, 0.5) is 0 Å². The number of nitrogens with one attached hydrogen (secondary N) is 1. The Hall–Kier alpha value is -0.550. The van der Waals surface area contributed by atoms with E-state index in [1.165, 1.54) is 32.1 Å². The molecule has 1 fully saturated rings. The summed E-state index contributed by atoms with van der Waals surface area (Å²) >= 11 is 1.73. The molecule has 0 spiro atoms. The van der Waals surface area contributed by atoms with Crippen molar-refractivity contribution in [3.05, 3.63) is 11.7 Å². The van der Waals surface area contributed by atoms with Crippen molar-refractivity contribution in [1.82, 2.24) is 15.5 Å². The van der Waals surface area contributed by atoms with E-state index in [1.54, 1.807) is 11.8 Å². The third kappa shape index (κ3) is 4.49. The maximum absolute atomic E-state index is 5.37. The number of aromatic nitrogens is 2. The lowest BCUT2D eigenvalue weighted by atomic mass is 9.95. The molecule has 1 saturated carbocycles. The van der Waals surface area contributed by atoms with Gasteiger partial charge in [0.15, 0.2) is 5.82 Å². The zero-order valence-corrected chi connectivity index (χ0v) is 12.8. The molecule has 0 saturated heterocycles. The largest absolute Gasteiger partial charge is 0.339 e. The summed E-state index contributed by atoms with van der Waals surface area (Å²) in [6.07, 6.45) is 9.53. The van der Waals surface area contributed by atoms with Crippen LogP contribution in [0.25, 0.3) is 0 Å². The topological polar surface area (TPSA) is 51.0 Å². The standard InChI is InChI=1S/C14H25N3OS/c1-3-8-15-12(11-6-4-5-7-11)9-14-16-13(10-19-2)17-18-14/h11-12,15H,3-10H2,1-2H3. The lowest BCUT2D eigenvalue weighted by Gasteiger charge is -2.23. The third-order valence-corrected chi connectivity index (χ3v) is 4.35. The van der Waals surface area contributed by atoms with E-state index in [4.69, 9.17) is 4.52 Å². The van der Waals surface area contributed by atoms with Crippen LogP contribution in [0, 0.1) is 5.92 Å². The molecule has 108 valence electrons. The first kappa shape index (κ1) is 14.9. The first-order chi connectivity index (χ1) is 9.33. The van der Waals surface area contributed by atoms with Crippen molar-refractivity contribution in [2.75, 3.05) is 12.8 Å². The fourth-order valence-electron chi connectivity index (χ4n) is 2.84. The van der Waals surface area contributed by atoms with Crippen LogP contribution in [-0.4, -0.2) is 29.0 Å². The summed E-state index contributed by atoms with van der Waals surface area (Å²) in [4.78, 5) is 4.48. The van der Waals surface area contributed by atoms with Gasteiger partial charge in [0.2, 0.25) is 5.89 Å². The molecule has 0 aliphatic heterocycles. The minimum absolute atomic E-state index is 0.505. The molecule has 1 N–H and O–H groups in total. The van der Waals surface area contributed by atoms with Crippen LogP contribution in [-0.2, 0) is 12.2 Å². The summed E-state index contributed by atoms with van der Waals surface area (Å²) in [7, 11) is 0. The highest BCUT2D eigenvalue weighted by Crippen LogP contribution is 2.29. The molecule has 1 atom stereocenters. The molecule has 0 bridgehead atoms. The van der Waals surface area contributed by atoms with Crippen LogP contribution < -0.4 is 5.32 Å². The van der Waals surface area contributed by atoms with Gasteiger partial charge in [0.05, 0.1) is 5.75 Å². The Kier molecular flexibility index (Phi) is 6.17. The van der Waals surface area contributed by atoms with Gasteiger partial charge in [0.25, 0.3) is 0 Å². The van der Waals surface area contributed by atoms with Gasteiger partial charge in [0, 0.05) is 12.5 Å². The number of thioether (sulfide) groups is 1. The second kappa shape index (κ2) is 7.90. The number of hydrogen-bond acceptors (Lipinski definition) is 5. The Morgan fingerprint density at radius 3 is 2.89 bits per heavy atom. The first-order valence-electron chi connectivity index (χ1n) is 7.37. The molecule has 2 rings (SSSR count). The summed E-state index contributed by atoms with van der Waals surface area (Å²) in [5.74, 6) is 3.23. The average Bonchev–Trinajstić information content (AvgIpc) is 3.06. The summed E-state index contributed by atoms with van der Waals surface area (Å²) in [5, 5.41) is 7.70. The molecule has 4 nitrogen and oxygen atoms in total. The first-order valence-corrected chi connectivity index (χ1v) is 8.76. The van der Waals surface area contributed by atoms with Gasteiger partial charge in [-0.05, 0) is 38.0 Å². The van der Waals surface area contributed by atoms with Crippen molar-refractivity contribution in [3.8, 4) is 0 Å². The van der Waals surface area contributed by atoms with Crippen molar-refractivity contribution < 1.29 is 4.52 Å². The van der Waals surface area contributed by atoms with Gasteiger partial charge in [-0.15, -0.1) is 0 Å². The van der Waals surface area contributed by atoms with Crippen molar-refractivity contribution in [2.24, 2.45) is 5.92 Å². The number of nitrogens with zero attached hydrogens (tertiary/aromatic N) is 2. The lowest BCUT2D eigenvalue weighted by Crippen LogP contribution is -2.37. The monoisotopic (exact) mass is 283 g/mol. The van der Waals surface area contributed by atoms with E-state index in [9.17, 15) is 0 Å². The second-order valence-corrected chi connectivity index (χ2v) is 6.21. The molecule has 0 amide bonds. The van der Waals surface area contributed by atoms with Gasteiger partial charge in [-0.25, -0.2) is 0 Å². The molecule has 1 aliphatic carbocycles. The summed E-state index contributed by atoms with van der Waals surface area (Å²) in [6, 6.07) is 0.505. The smallest absolute Gasteiger partial charge is 0.228 e. The third-order valence-electron chi connectivity index (χ3n) is 3.80. The van der Waals surface area contributed by atoms with Gasteiger partial charge in [-0.2, -0.15) is 16.7 Å². The molecule has 1 heterocycles. The van der Waals surface area contributed by atoms with E-state index in [1.807, 2.05) is 0 Å². The van der Waals surface area contributed by atoms with E-state index in [-0.39, 0.29) is 0 Å². The fraction of sp³-hybridized carbons (Fsp3) is 0.857. The lowest BCUT2D eigenvalue weighted by molar-refractivity contribution is 0.307. The van der Waals surface area contributed by atoms with Crippen LogP contribution in [0.5, 0.6) is 0 Å². The summed E-state index contributed by atoms with van der Waals surface area (Å²) in [5.41, 5.74) is 0. The molecule has 19 heavy (non-hydrogen) atoms. The Balaban J connectivity index is 1.93. The summed E-state index contributed by atoms with van der Waals surface area (Å²) in [6.45, 7) is 3.29. The second-order valence-electron chi connectivity index (χ2n) is 5.35. The fourth-order valence-corrected chi connectivity index (χ4v) is 3.22. The highest BCUT2D eigenvalue weighted by Gasteiger charge is 2.26. The van der Waals surface area contributed by atoms with Crippen LogP contribution in [0.2, 0.25) is 0 Å². The van der Waals surface area contributed by atoms with E-state index in [2.05, 4.69) is 28.6 Å². The number of rotatable bonds is 8.